The van der Waals surface area contributed by atoms with E-state index in [1.165, 1.54) is 0 Å². The van der Waals surface area contributed by atoms with Crippen LogP contribution in [0.3, 0.4) is 0 Å². The van der Waals surface area contributed by atoms with E-state index in [9.17, 15) is 4.79 Å². The van der Waals surface area contributed by atoms with E-state index in [-0.39, 0.29) is 11.9 Å². The Balaban J connectivity index is 1.39. The summed E-state index contributed by atoms with van der Waals surface area (Å²) in [5.41, 5.74) is 2.04. The van der Waals surface area contributed by atoms with E-state index >= 15 is 0 Å². The number of aromatic nitrogens is 5. The van der Waals surface area contributed by atoms with Crippen molar-refractivity contribution in [3.8, 4) is 0 Å². The second-order valence-electron chi connectivity index (χ2n) is 6.19. The number of carbonyl (C=O) groups is 1. The van der Waals surface area contributed by atoms with E-state index < -0.39 is 0 Å². The highest BCUT2D eigenvalue weighted by Crippen LogP contribution is 2.21. The second-order valence-corrected chi connectivity index (χ2v) is 6.19. The molecule has 3 aromatic rings. The molecule has 7 nitrogen and oxygen atoms in total. The molecule has 4 rings (SSSR count). The van der Waals surface area contributed by atoms with Crippen molar-refractivity contribution in [1.82, 2.24) is 29.2 Å². The number of hydrogen-bond acceptors (Lipinski definition) is 4. The summed E-state index contributed by atoms with van der Waals surface area (Å²) in [6, 6.07) is 8.23. The molecule has 1 aliphatic heterocycles. The molecule has 0 spiro atoms. The molecule has 124 valence electrons. The molecule has 1 unspecified atom stereocenters. The molecular formula is C17H20N6O. The van der Waals surface area contributed by atoms with Crippen LogP contribution in [-0.2, 0) is 11.3 Å². The lowest BCUT2D eigenvalue weighted by atomic mass is 10.1. The molecule has 7 heteroatoms. The van der Waals surface area contributed by atoms with Crippen molar-refractivity contribution < 1.29 is 4.79 Å². The molecular weight excluding hydrogens is 304 g/mol. The van der Waals surface area contributed by atoms with E-state index in [2.05, 4.69) is 15.1 Å². The van der Waals surface area contributed by atoms with Crippen LogP contribution in [0.2, 0.25) is 0 Å². The van der Waals surface area contributed by atoms with Gasteiger partial charge in [-0.25, -0.2) is 14.6 Å². The van der Waals surface area contributed by atoms with E-state index in [1.807, 2.05) is 44.7 Å². The highest BCUT2D eigenvalue weighted by molar-refractivity contribution is 5.77. The topological polar surface area (TPSA) is 68.8 Å². The average Bonchev–Trinajstić information content (AvgIpc) is 3.30. The average molecular weight is 324 g/mol. The lowest BCUT2D eigenvalue weighted by molar-refractivity contribution is -0.133. The van der Waals surface area contributed by atoms with E-state index in [0.717, 1.165) is 30.4 Å². The minimum atomic E-state index is 0.192. The maximum Gasteiger partial charge on any atom is 0.224 e. The Bertz CT molecular complexity index is 825. The van der Waals surface area contributed by atoms with E-state index in [0.29, 0.717) is 19.5 Å². The summed E-state index contributed by atoms with van der Waals surface area (Å²) in [5.74, 6) is 0.192. The van der Waals surface area contributed by atoms with Gasteiger partial charge in [-0.3, -0.25) is 4.79 Å². The maximum absolute atomic E-state index is 12.6. The SMILES string of the molecule is O=C(CCn1cnc2ccccc21)N1CCCC(n2cncn2)C1. The first kappa shape index (κ1) is 14.9. The number of carbonyl (C=O) groups excluding carboxylic acids is 1. The van der Waals surface area contributed by atoms with Gasteiger partial charge < -0.3 is 9.47 Å². The van der Waals surface area contributed by atoms with Crippen LogP contribution < -0.4 is 0 Å². The van der Waals surface area contributed by atoms with Gasteiger partial charge in [0.25, 0.3) is 0 Å². The minimum absolute atomic E-state index is 0.192. The molecule has 0 N–H and O–H groups in total. The van der Waals surface area contributed by atoms with Crippen LogP contribution in [0.5, 0.6) is 0 Å². The fourth-order valence-corrected chi connectivity index (χ4v) is 3.37. The van der Waals surface area contributed by atoms with Crippen LogP contribution in [0.15, 0.2) is 43.2 Å². The van der Waals surface area contributed by atoms with Gasteiger partial charge in [0, 0.05) is 26.1 Å². The molecule has 2 aromatic heterocycles. The third-order valence-electron chi connectivity index (χ3n) is 4.65. The first-order valence-electron chi connectivity index (χ1n) is 8.33. The summed E-state index contributed by atoms with van der Waals surface area (Å²) in [4.78, 5) is 22.9. The lowest BCUT2D eigenvalue weighted by Gasteiger charge is -2.32. The van der Waals surface area contributed by atoms with Gasteiger partial charge in [0.2, 0.25) is 5.91 Å². The molecule has 1 aliphatic rings. The molecule has 0 bridgehead atoms. The Morgan fingerprint density at radius 2 is 2.17 bits per heavy atom. The predicted molar refractivity (Wildman–Crippen MR) is 89.2 cm³/mol. The molecule has 1 saturated heterocycles. The lowest BCUT2D eigenvalue weighted by Crippen LogP contribution is -2.41. The zero-order valence-electron chi connectivity index (χ0n) is 13.5. The van der Waals surface area contributed by atoms with Gasteiger partial charge in [-0.2, -0.15) is 5.10 Å². The summed E-state index contributed by atoms with van der Waals surface area (Å²) < 4.78 is 3.91. The van der Waals surface area contributed by atoms with Crippen molar-refractivity contribution in [3.05, 3.63) is 43.2 Å². The van der Waals surface area contributed by atoms with Gasteiger partial charge in [0.05, 0.1) is 23.4 Å². The van der Waals surface area contributed by atoms with Crippen LogP contribution in [0.4, 0.5) is 0 Å². The molecule has 1 atom stereocenters. The van der Waals surface area contributed by atoms with Crippen LogP contribution in [-0.4, -0.2) is 48.2 Å². The normalized spacial score (nSPS) is 18.2. The highest BCUT2D eigenvalue weighted by atomic mass is 16.2. The van der Waals surface area contributed by atoms with Crippen LogP contribution in [0.1, 0.15) is 25.3 Å². The van der Waals surface area contributed by atoms with Crippen molar-refractivity contribution in [3.63, 3.8) is 0 Å². The zero-order chi connectivity index (χ0) is 16.4. The maximum atomic E-state index is 12.6. The zero-order valence-corrected chi connectivity index (χ0v) is 13.5. The summed E-state index contributed by atoms with van der Waals surface area (Å²) >= 11 is 0. The van der Waals surface area contributed by atoms with Gasteiger partial charge in [-0.1, -0.05) is 12.1 Å². The van der Waals surface area contributed by atoms with Crippen molar-refractivity contribution in [2.75, 3.05) is 13.1 Å². The molecule has 24 heavy (non-hydrogen) atoms. The van der Waals surface area contributed by atoms with Crippen molar-refractivity contribution in [2.45, 2.75) is 31.8 Å². The molecule has 1 amide bonds. The Kier molecular flexibility index (Phi) is 3.98. The summed E-state index contributed by atoms with van der Waals surface area (Å²) in [6.07, 6.45) is 7.63. The largest absolute Gasteiger partial charge is 0.340 e. The van der Waals surface area contributed by atoms with E-state index in [1.54, 1.807) is 12.7 Å². The first-order chi connectivity index (χ1) is 11.8. The van der Waals surface area contributed by atoms with Crippen LogP contribution >= 0.6 is 0 Å². The Labute approximate surface area is 139 Å². The molecule has 0 radical (unpaired) electrons. The number of amides is 1. The van der Waals surface area contributed by atoms with Gasteiger partial charge in [-0.15, -0.1) is 0 Å². The monoisotopic (exact) mass is 324 g/mol. The van der Waals surface area contributed by atoms with Crippen molar-refractivity contribution >= 4 is 16.9 Å². The minimum Gasteiger partial charge on any atom is -0.340 e. The number of piperidine rings is 1. The number of nitrogens with zero attached hydrogens (tertiary/aromatic N) is 6. The Hall–Kier alpha value is -2.70. The Morgan fingerprint density at radius 1 is 1.25 bits per heavy atom. The van der Waals surface area contributed by atoms with E-state index in [4.69, 9.17) is 0 Å². The van der Waals surface area contributed by atoms with Gasteiger partial charge in [0.1, 0.15) is 12.7 Å². The number of fused-ring (bicyclic) bond motifs is 1. The van der Waals surface area contributed by atoms with Crippen LogP contribution in [0.25, 0.3) is 11.0 Å². The smallest absolute Gasteiger partial charge is 0.224 e. The molecule has 0 saturated carbocycles. The van der Waals surface area contributed by atoms with Crippen molar-refractivity contribution in [2.24, 2.45) is 0 Å². The third-order valence-corrected chi connectivity index (χ3v) is 4.65. The first-order valence-corrected chi connectivity index (χ1v) is 8.33. The standard InChI is InChI=1S/C17H20N6O/c24-17(7-9-22-13-19-15-5-1-2-6-16(15)22)21-8-3-4-14(10-21)23-12-18-11-20-23/h1-2,5-6,11-14H,3-4,7-10H2. The quantitative estimate of drug-likeness (QED) is 0.735. The van der Waals surface area contributed by atoms with Gasteiger partial charge in [-0.05, 0) is 25.0 Å². The molecule has 1 aromatic carbocycles. The van der Waals surface area contributed by atoms with Crippen molar-refractivity contribution in [1.29, 1.82) is 0 Å². The van der Waals surface area contributed by atoms with Gasteiger partial charge in [0.15, 0.2) is 0 Å². The summed E-state index contributed by atoms with van der Waals surface area (Å²) in [6.45, 7) is 2.20. The molecule has 0 aliphatic carbocycles. The Morgan fingerprint density at radius 3 is 3.04 bits per heavy atom. The number of imidazole rings is 1. The van der Waals surface area contributed by atoms with Gasteiger partial charge >= 0.3 is 0 Å². The second kappa shape index (κ2) is 6.43. The fourth-order valence-electron chi connectivity index (χ4n) is 3.37. The number of benzene rings is 1. The summed E-state index contributed by atoms with van der Waals surface area (Å²) in [7, 11) is 0. The molecule has 3 heterocycles. The fraction of sp³-hybridized carbons (Fsp3) is 0.412. The molecule has 1 fully saturated rings. The van der Waals surface area contributed by atoms with Crippen LogP contribution in [0, 0.1) is 0 Å². The predicted octanol–water partition coefficient (Wildman–Crippen LogP) is 1.88. The third kappa shape index (κ3) is 2.89. The number of hydrogen-bond donors (Lipinski definition) is 0. The number of rotatable bonds is 4. The summed E-state index contributed by atoms with van der Waals surface area (Å²) in [5, 5.41) is 4.21. The highest BCUT2D eigenvalue weighted by Gasteiger charge is 2.24. The number of likely N-dealkylation sites (tertiary alicyclic amines) is 1. The number of aryl methyl sites for hydroxylation is 1. The number of para-hydroxylation sites is 2.